The molecule has 1 aromatic carbocycles. The number of aromatic nitrogens is 2. The highest BCUT2D eigenvalue weighted by Crippen LogP contribution is 2.23. The second kappa shape index (κ2) is 11.0. The summed E-state index contributed by atoms with van der Waals surface area (Å²) in [7, 11) is 0. The zero-order valence-electron chi connectivity index (χ0n) is 14.8. The first-order chi connectivity index (χ1) is 11.8. The lowest BCUT2D eigenvalue weighted by Gasteiger charge is -2.05. The van der Waals surface area contributed by atoms with Gasteiger partial charge in [-0.3, -0.25) is 0 Å². The number of hydrogen-bond donors (Lipinski definition) is 1. The van der Waals surface area contributed by atoms with Crippen molar-refractivity contribution in [3.05, 3.63) is 35.7 Å². The Kier molecular flexibility index (Phi) is 8.53. The van der Waals surface area contributed by atoms with E-state index < -0.39 is 0 Å². The van der Waals surface area contributed by atoms with Crippen LogP contribution in [0.1, 0.15) is 69.7 Å². The fraction of sp³-hybridized carbons (Fsp3) is 0.600. The van der Waals surface area contributed by atoms with Crippen LogP contribution in [0.3, 0.4) is 0 Å². The third kappa shape index (κ3) is 6.08. The molecule has 0 radical (unpaired) electrons. The van der Waals surface area contributed by atoms with Gasteiger partial charge in [0.25, 0.3) is 0 Å². The monoisotopic (exact) mass is 330 g/mol. The minimum absolute atomic E-state index is 0.278. The zero-order chi connectivity index (χ0) is 17.0. The van der Waals surface area contributed by atoms with E-state index in [9.17, 15) is 0 Å². The third-order valence-corrected chi connectivity index (χ3v) is 4.32. The van der Waals surface area contributed by atoms with Gasteiger partial charge >= 0.3 is 0 Å². The normalized spacial score (nSPS) is 11.1. The fourth-order valence-corrected chi connectivity index (χ4v) is 2.91. The van der Waals surface area contributed by atoms with Crippen LogP contribution in [0.2, 0.25) is 0 Å². The molecular weight excluding hydrogens is 300 g/mol. The van der Waals surface area contributed by atoms with Crippen molar-refractivity contribution in [1.82, 2.24) is 10.1 Å². The Labute approximate surface area is 145 Å². The van der Waals surface area contributed by atoms with Crippen LogP contribution < -0.4 is 0 Å². The molecule has 2 aromatic rings. The van der Waals surface area contributed by atoms with Gasteiger partial charge in [0.05, 0.1) is 0 Å². The van der Waals surface area contributed by atoms with Crippen molar-refractivity contribution in [2.24, 2.45) is 0 Å². The molecule has 4 heteroatoms. The molecule has 0 fully saturated rings. The second-order valence-corrected chi connectivity index (χ2v) is 6.37. The van der Waals surface area contributed by atoms with Gasteiger partial charge in [0.1, 0.15) is 0 Å². The van der Waals surface area contributed by atoms with Crippen LogP contribution in [-0.2, 0) is 12.8 Å². The summed E-state index contributed by atoms with van der Waals surface area (Å²) in [6.45, 7) is 2.51. The van der Waals surface area contributed by atoms with Gasteiger partial charge in [-0.1, -0.05) is 68.4 Å². The number of nitrogens with zero attached hydrogens (tertiary/aromatic N) is 2. The molecule has 4 nitrogen and oxygen atoms in total. The molecule has 1 N–H and O–H groups in total. The van der Waals surface area contributed by atoms with Gasteiger partial charge in [-0.2, -0.15) is 4.98 Å². The highest BCUT2D eigenvalue weighted by atomic mass is 16.5. The molecule has 0 unspecified atom stereocenters. The predicted octanol–water partition coefficient (Wildman–Crippen LogP) is 4.95. The Morgan fingerprint density at radius 1 is 0.917 bits per heavy atom. The Bertz CT molecular complexity index is 581. The van der Waals surface area contributed by atoms with Gasteiger partial charge in [0.2, 0.25) is 11.7 Å². The number of aryl methyl sites for hydroxylation is 2. The highest BCUT2D eigenvalue weighted by Gasteiger charge is 2.12. The van der Waals surface area contributed by atoms with Gasteiger partial charge in [0, 0.05) is 18.6 Å². The largest absolute Gasteiger partial charge is 0.396 e. The van der Waals surface area contributed by atoms with E-state index in [1.54, 1.807) is 0 Å². The standard InChI is InChI=1S/C20H30N2O2/c1-2-3-4-7-12-17-13-9-10-14-18(17)20-21-19(24-22-20)15-8-5-6-11-16-23/h9-10,13-14,23H,2-8,11-12,15-16H2,1H3. The summed E-state index contributed by atoms with van der Waals surface area (Å²) in [6, 6.07) is 8.38. The zero-order valence-corrected chi connectivity index (χ0v) is 14.8. The maximum atomic E-state index is 8.79. The summed E-state index contributed by atoms with van der Waals surface area (Å²) < 4.78 is 5.41. The molecule has 0 amide bonds. The lowest BCUT2D eigenvalue weighted by Crippen LogP contribution is -1.93. The first kappa shape index (κ1) is 18.7. The van der Waals surface area contributed by atoms with Crippen LogP contribution in [-0.4, -0.2) is 21.9 Å². The summed E-state index contributed by atoms with van der Waals surface area (Å²) in [5, 5.41) is 13.0. The molecule has 1 heterocycles. The number of aliphatic hydroxyl groups is 1. The van der Waals surface area contributed by atoms with Crippen LogP contribution in [0, 0.1) is 0 Å². The van der Waals surface area contributed by atoms with Gasteiger partial charge in [-0.25, -0.2) is 0 Å². The molecule has 0 spiro atoms. The third-order valence-electron chi connectivity index (χ3n) is 4.32. The topological polar surface area (TPSA) is 59.2 Å². The average molecular weight is 330 g/mol. The first-order valence-corrected chi connectivity index (χ1v) is 9.37. The quantitative estimate of drug-likeness (QED) is 0.559. The predicted molar refractivity (Wildman–Crippen MR) is 96.8 cm³/mol. The van der Waals surface area contributed by atoms with Crippen molar-refractivity contribution in [1.29, 1.82) is 0 Å². The van der Waals surface area contributed by atoms with Gasteiger partial charge in [-0.15, -0.1) is 0 Å². The summed E-state index contributed by atoms with van der Waals surface area (Å²) in [4.78, 5) is 4.58. The second-order valence-electron chi connectivity index (χ2n) is 6.37. The SMILES string of the molecule is CCCCCCc1ccccc1-c1noc(CCCCCCO)n1. The molecule has 0 saturated heterocycles. The Hall–Kier alpha value is -1.68. The summed E-state index contributed by atoms with van der Waals surface area (Å²) in [5.41, 5.74) is 2.41. The molecule has 0 aliphatic heterocycles. The number of aliphatic hydroxyl groups excluding tert-OH is 1. The molecule has 1 aromatic heterocycles. The number of unbranched alkanes of at least 4 members (excludes halogenated alkanes) is 6. The van der Waals surface area contributed by atoms with Crippen LogP contribution in [0.25, 0.3) is 11.4 Å². The highest BCUT2D eigenvalue weighted by molar-refractivity contribution is 5.59. The van der Waals surface area contributed by atoms with Crippen molar-refractivity contribution < 1.29 is 9.63 Å². The van der Waals surface area contributed by atoms with E-state index in [0.29, 0.717) is 5.82 Å². The fourth-order valence-electron chi connectivity index (χ4n) is 2.91. The maximum absolute atomic E-state index is 8.79. The average Bonchev–Trinajstić information content (AvgIpc) is 3.08. The van der Waals surface area contributed by atoms with Crippen LogP contribution in [0.5, 0.6) is 0 Å². The van der Waals surface area contributed by atoms with Crippen molar-refractivity contribution in [3.8, 4) is 11.4 Å². The smallest absolute Gasteiger partial charge is 0.226 e. The van der Waals surface area contributed by atoms with Crippen molar-refractivity contribution in [2.75, 3.05) is 6.61 Å². The van der Waals surface area contributed by atoms with E-state index in [1.165, 1.54) is 31.2 Å². The van der Waals surface area contributed by atoms with E-state index in [1.807, 2.05) is 6.07 Å². The van der Waals surface area contributed by atoms with Crippen LogP contribution >= 0.6 is 0 Å². The van der Waals surface area contributed by atoms with Crippen molar-refractivity contribution in [2.45, 2.75) is 71.1 Å². The Morgan fingerprint density at radius 3 is 2.50 bits per heavy atom. The van der Waals surface area contributed by atoms with Crippen LogP contribution in [0.15, 0.2) is 28.8 Å². The lowest BCUT2D eigenvalue weighted by molar-refractivity contribution is 0.282. The molecule has 24 heavy (non-hydrogen) atoms. The van der Waals surface area contributed by atoms with Crippen molar-refractivity contribution in [3.63, 3.8) is 0 Å². The Balaban J connectivity index is 1.91. The number of benzene rings is 1. The van der Waals surface area contributed by atoms with E-state index in [-0.39, 0.29) is 6.61 Å². The number of rotatable bonds is 12. The van der Waals surface area contributed by atoms with E-state index in [4.69, 9.17) is 9.63 Å². The van der Waals surface area contributed by atoms with Gasteiger partial charge in [-0.05, 0) is 31.2 Å². The summed E-state index contributed by atoms with van der Waals surface area (Å²) in [5.74, 6) is 1.43. The molecule has 0 aliphatic rings. The molecule has 0 bridgehead atoms. The van der Waals surface area contributed by atoms with Gasteiger partial charge < -0.3 is 9.63 Å². The van der Waals surface area contributed by atoms with Gasteiger partial charge in [0.15, 0.2) is 0 Å². The van der Waals surface area contributed by atoms with E-state index in [2.05, 4.69) is 35.3 Å². The molecule has 2 rings (SSSR count). The molecule has 132 valence electrons. The van der Waals surface area contributed by atoms with E-state index >= 15 is 0 Å². The van der Waals surface area contributed by atoms with Crippen LogP contribution in [0.4, 0.5) is 0 Å². The molecule has 0 saturated carbocycles. The summed E-state index contributed by atoms with van der Waals surface area (Å²) in [6.07, 6.45) is 11.0. The molecular formula is C20H30N2O2. The minimum Gasteiger partial charge on any atom is -0.396 e. The van der Waals surface area contributed by atoms with Crippen molar-refractivity contribution >= 4 is 0 Å². The maximum Gasteiger partial charge on any atom is 0.226 e. The molecule has 0 aliphatic carbocycles. The van der Waals surface area contributed by atoms with E-state index in [0.717, 1.165) is 50.0 Å². The first-order valence-electron chi connectivity index (χ1n) is 9.37. The Morgan fingerprint density at radius 2 is 1.67 bits per heavy atom. The lowest BCUT2D eigenvalue weighted by atomic mass is 10.0. The minimum atomic E-state index is 0.278. The molecule has 0 atom stereocenters. The summed E-state index contributed by atoms with van der Waals surface area (Å²) >= 11 is 0. The number of hydrogen-bond acceptors (Lipinski definition) is 4.